The first-order chi connectivity index (χ1) is 9.58. The molecule has 1 aliphatic heterocycles. The molecule has 1 aromatic rings. The van der Waals surface area contributed by atoms with Gasteiger partial charge in [0, 0.05) is 24.3 Å². The lowest BCUT2D eigenvalue weighted by atomic mass is 10.1. The van der Waals surface area contributed by atoms with Gasteiger partial charge in [0.2, 0.25) is 0 Å². The van der Waals surface area contributed by atoms with E-state index in [0.29, 0.717) is 24.3 Å². The van der Waals surface area contributed by atoms with Crippen molar-refractivity contribution in [3.63, 3.8) is 0 Å². The molecule has 1 aliphatic rings. The van der Waals surface area contributed by atoms with E-state index in [-0.39, 0.29) is 0 Å². The van der Waals surface area contributed by atoms with Crippen molar-refractivity contribution in [1.29, 1.82) is 0 Å². The SMILES string of the molecule is Nc1ccc(C(=O)NC(=O)C(=O)N2CCCCC2)cc1. The second-order valence-corrected chi connectivity index (χ2v) is 4.76. The van der Waals surface area contributed by atoms with Crippen LogP contribution in [0.1, 0.15) is 29.6 Å². The Morgan fingerprint density at radius 2 is 1.60 bits per heavy atom. The number of nitrogens with one attached hydrogen (secondary N) is 1. The van der Waals surface area contributed by atoms with Gasteiger partial charge in [-0.2, -0.15) is 0 Å². The van der Waals surface area contributed by atoms with Crippen molar-refractivity contribution in [2.24, 2.45) is 0 Å². The van der Waals surface area contributed by atoms with E-state index in [9.17, 15) is 14.4 Å². The number of likely N-dealkylation sites (tertiary alicyclic amines) is 1. The van der Waals surface area contributed by atoms with Gasteiger partial charge in [-0.3, -0.25) is 19.7 Å². The molecule has 0 unspecified atom stereocenters. The summed E-state index contributed by atoms with van der Waals surface area (Å²) in [5.74, 6) is -2.12. The number of piperidine rings is 1. The van der Waals surface area contributed by atoms with Crippen LogP contribution in [0.2, 0.25) is 0 Å². The Morgan fingerprint density at radius 1 is 1.00 bits per heavy atom. The fourth-order valence-corrected chi connectivity index (χ4v) is 2.10. The average molecular weight is 275 g/mol. The third-order valence-electron chi connectivity index (χ3n) is 3.24. The molecule has 0 atom stereocenters. The molecule has 0 radical (unpaired) electrons. The molecule has 106 valence electrons. The van der Waals surface area contributed by atoms with Gasteiger partial charge in [0.15, 0.2) is 0 Å². The number of carbonyl (C=O) groups excluding carboxylic acids is 3. The highest BCUT2D eigenvalue weighted by atomic mass is 16.2. The third kappa shape index (κ3) is 3.34. The van der Waals surface area contributed by atoms with E-state index >= 15 is 0 Å². The van der Waals surface area contributed by atoms with Gasteiger partial charge in [0.1, 0.15) is 0 Å². The van der Waals surface area contributed by atoms with Gasteiger partial charge in [-0.1, -0.05) is 0 Å². The van der Waals surface area contributed by atoms with E-state index in [0.717, 1.165) is 19.3 Å². The van der Waals surface area contributed by atoms with E-state index < -0.39 is 17.7 Å². The van der Waals surface area contributed by atoms with Gasteiger partial charge in [-0.15, -0.1) is 0 Å². The molecule has 3 amide bonds. The number of nitrogens with zero attached hydrogens (tertiary/aromatic N) is 1. The number of rotatable bonds is 1. The zero-order valence-corrected chi connectivity index (χ0v) is 11.1. The van der Waals surface area contributed by atoms with Crippen molar-refractivity contribution in [1.82, 2.24) is 10.2 Å². The van der Waals surface area contributed by atoms with Gasteiger partial charge in [-0.25, -0.2) is 0 Å². The van der Waals surface area contributed by atoms with Gasteiger partial charge in [0.05, 0.1) is 0 Å². The number of carbonyl (C=O) groups is 3. The van der Waals surface area contributed by atoms with Crippen LogP contribution in [0.4, 0.5) is 5.69 Å². The Bertz CT molecular complexity index is 519. The number of hydrogen-bond donors (Lipinski definition) is 2. The summed E-state index contributed by atoms with van der Waals surface area (Å²) in [6.07, 6.45) is 2.85. The van der Waals surface area contributed by atoms with E-state index in [2.05, 4.69) is 5.32 Å². The molecule has 20 heavy (non-hydrogen) atoms. The van der Waals surface area contributed by atoms with Crippen LogP contribution in [0, 0.1) is 0 Å². The van der Waals surface area contributed by atoms with Crippen LogP contribution in [0.3, 0.4) is 0 Å². The number of amides is 3. The van der Waals surface area contributed by atoms with Crippen molar-refractivity contribution in [2.45, 2.75) is 19.3 Å². The van der Waals surface area contributed by atoms with Crippen molar-refractivity contribution >= 4 is 23.4 Å². The smallest absolute Gasteiger partial charge is 0.316 e. The lowest BCUT2D eigenvalue weighted by molar-refractivity contribution is -0.145. The molecular formula is C14H17N3O3. The maximum Gasteiger partial charge on any atom is 0.316 e. The maximum absolute atomic E-state index is 11.9. The maximum atomic E-state index is 11.9. The van der Waals surface area contributed by atoms with E-state index in [1.54, 1.807) is 12.1 Å². The van der Waals surface area contributed by atoms with Crippen molar-refractivity contribution in [3.05, 3.63) is 29.8 Å². The van der Waals surface area contributed by atoms with Crippen LogP contribution in [-0.4, -0.2) is 35.7 Å². The largest absolute Gasteiger partial charge is 0.399 e. The minimum Gasteiger partial charge on any atom is -0.399 e. The van der Waals surface area contributed by atoms with Gasteiger partial charge >= 0.3 is 11.8 Å². The fourth-order valence-electron chi connectivity index (χ4n) is 2.10. The predicted octanol–water partition coefficient (Wildman–Crippen LogP) is 0.538. The van der Waals surface area contributed by atoms with Crippen molar-refractivity contribution < 1.29 is 14.4 Å². The number of benzene rings is 1. The Balaban J connectivity index is 1.94. The van der Waals surface area contributed by atoms with Crippen molar-refractivity contribution in [3.8, 4) is 0 Å². The number of nitrogen functional groups attached to an aromatic ring is 1. The Morgan fingerprint density at radius 3 is 2.20 bits per heavy atom. The normalized spacial score (nSPS) is 14.7. The highest BCUT2D eigenvalue weighted by molar-refractivity contribution is 6.38. The summed E-state index contributed by atoms with van der Waals surface area (Å²) in [6, 6.07) is 6.13. The summed E-state index contributed by atoms with van der Waals surface area (Å²) in [5, 5.41) is 2.10. The Hall–Kier alpha value is -2.37. The highest BCUT2D eigenvalue weighted by Crippen LogP contribution is 2.09. The first-order valence-corrected chi connectivity index (χ1v) is 6.58. The molecule has 1 heterocycles. The van der Waals surface area contributed by atoms with Gasteiger partial charge in [0.25, 0.3) is 5.91 Å². The molecule has 0 bridgehead atoms. The second kappa shape index (κ2) is 6.18. The molecular weight excluding hydrogens is 258 g/mol. The number of anilines is 1. The van der Waals surface area contributed by atoms with E-state index in [1.165, 1.54) is 17.0 Å². The molecule has 0 aliphatic carbocycles. The summed E-state index contributed by atoms with van der Waals surface area (Å²) in [5.41, 5.74) is 6.33. The topological polar surface area (TPSA) is 92.5 Å². The van der Waals surface area contributed by atoms with E-state index in [1.807, 2.05) is 0 Å². The Labute approximate surface area is 116 Å². The standard InChI is InChI=1S/C14H17N3O3/c15-11-6-4-10(5-7-11)12(18)16-13(19)14(20)17-8-2-1-3-9-17/h4-7H,1-3,8-9,15H2,(H,16,18,19). The molecule has 1 saturated heterocycles. The quantitative estimate of drug-likeness (QED) is 0.578. The zero-order chi connectivity index (χ0) is 14.5. The number of imide groups is 1. The highest BCUT2D eigenvalue weighted by Gasteiger charge is 2.24. The summed E-state index contributed by atoms with van der Waals surface area (Å²) >= 11 is 0. The van der Waals surface area contributed by atoms with Crippen LogP contribution >= 0.6 is 0 Å². The van der Waals surface area contributed by atoms with Crippen LogP contribution in [0.15, 0.2) is 24.3 Å². The summed E-state index contributed by atoms with van der Waals surface area (Å²) in [4.78, 5) is 36.9. The second-order valence-electron chi connectivity index (χ2n) is 4.76. The fraction of sp³-hybridized carbons (Fsp3) is 0.357. The summed E-state index contributed by atoms with van der Waals surface area (Å²) in [6.45, 7) is 1.14. The van der Waals surface area contributed by atoms with Crippen LogP contribution in [0.25, 0.3) is 0 Å². The lowest BCUT2D eigenvalue weighted by Gasteiger charge is -2.25. The molecule has 6 heteroatoms. The van der Waals surface area contributed by atoms with Crippen LogP contribution < -0.4 is 11.1 Å². The number of nitrogens with two attached hydrogens (primary N) is 1. The summed E-state index contributed by atoms with van der Waals surface area (Å²) in [7, 11) is 0. The van der Waals surface area contributed by atoms with Gasteiger partial charge < -0.3 is 10.6 Å². The zero-order valence-electron chi connectivity index (χ0n) is 11.1. The first kappa shape index (κ1) is 14.0. The van der Waals surface area contributed by atoms with Crippen LogP contribution in [0.5, 0.6) is 0 Å². The lowest BCUT2D eigenvalue weighted by Crippen LogP contribution is -2.46. The van der Waals surface area contributed by atoms with Crippen LogP contribution in [-0.2, 0) is 9.59 Å². The molecule has 6 nitrogen and oxygen atoms in total. The predicted molar refractivity (Wildman–Crippen MR) is 73.8 cm³/mol. The third-order valence-corrected chi connectivity index (χ3v) is 3.24. The van der Waals surface area contributed by atoms with Gasteiger partial charge in [-0.05, 0) is 43.5 Å². The molecule has 2 rings (SSSR count). The molecule has 1 fully saturated rings. The van der Waals surface area contributed by atoms with Crippen molar-refractivity contribution in [2.75, 3.05) is 18.8 Å². The summed E-state index contributed by atoms with van der Waals surface area (Å²) < 4.78 is 0. The number of hydrogen-bond acceptors (Lipinski definition) is 4. The van der Waals surface area contributed by atoms with E-state index in [4.69, 9.17) is 5.73 Å². The molecule has 0 spiro atoms. The molecule has 1 aromatic carbocycles. The molecule has 0 saturated carbocycles. The minimum atomic E-state index is -0.881. The minimum absolute atomic E-state index is 0.291. The monoisotopic (exact) mass is 275 g/mol. The average Bonchev–Trinajstić information content (AvgIpc) is 2.48. The molecule has 3 N–H and O–H groups in total. The first-order valence-electron chi connectivity index (χ1n) is 6.58. The molecule has 0 aromatic heterocycles. The Kier molecular flexibility index (Phi) is 4.34.